The highest BCUT2D eigenvalue weighted by Gasteiger charge is 1.90. The molecular formula is C9H19Cl3. The molecule has 0 aromatic heterocycles. The van der Waals surface area contributed by atoms with Crippen LogP contribution in [0.1, 0.15) is 46.5 Å². The monoisotopic (exact) mass is 232 g/mol. The van der Waals surface area contributed by atoms with Gasteiger partial charge in [0.15, 0.2) is 4.30 Å². The summed E-state index contributed by atoms with van der Waals surface area (Å²) >= 11 is 14.4. The molecule has 0 aliphatic heterocycles. The number of rotatable bonds is 4. The summed E-state index contributed by atoms with van der Waals surface area (Å²) in [7, 11) is 0. The van der Waals surface area contributed by atoms with E-state index >= 15 is 0 Å². The first-order valence-electron chi connectivity index (χ1n) is 4.42. The van der Waals surface area contributed by atoms with E-state index in [9.17, 15) is 0 Å². The van der Waals surface area contributed by atoms with Gasteiger partial charge in [0, 0.05) is 0 Å². The standard InChI is InChI=1S/C8H18.CHCl3/c1-4-5-6-7-8(2)3;2-1(3)4/h8H,4-7H2,1-3H3;1H. The fourth-order valence-electron chi connectivity index (χ4n) is 0.803. The molecule has 0 heterocycles. The molecule has 0 aromatic carbocycles. The quantitative estimate of drug-likeness (QED) is 0.462. The zero-order valence-electron chi connectivity index (χ0n) is 8.12. The summed E-state index contributed by atoms with van der Waals surface area (Å²) in [5.74, 6) is 0.904. The second kappa shape index (κ2) is 11.9. The number of halogens is 3. The first kappa shape index (κ1) is 15.3. The van der Waals surface area contributed by atoms with Gasteiger partial charge < -0.3 is 0 Å². The van der Waals surface area contributed by atoms with Gasteiger partial charge in [0.05, 0.1) is 0 Å². The van der Waals surface area contributed by atoms with Crippen molar-refractivity contribution in [1.29, 1.82) is 0 Å². The van der Waals surface area contributed by atoms with E-state index in [0.717, 1.165) is 5.92 Å². The lowest BCUT2D eigenvalue weighted by Crippen LogP contribution is -1.85. The minimum absolute atomic E-state index is 0.750. The summed E-state index contributed by atoms with van der Waals surface area (Å²) in [6.07, 6.45) is 5.60. The Morgan fingerprint density at radius 1 is 1.00 bits per heavy atom. The fourth-order valence-corrected chi connectivity index (χ4v) is 0.803. The van der Waals surface area contributed by atoms with Gasteiger partial charge in [-0.3, -0.25) is 0 Å². The van der Waals surface area contributed by atoms with Crippen molar-refractivity contribution in [2.24, 2.45) is 5.92 Å². The largest absolute Gasteiger partial charge is 0.180 e. The van der Waals surface area contributed by atoms with Gasteiger partial charge in [-0.25, -0.2) is 0 Å². The van der Waals surface area contributed by atoms with Crippen LogP contribution in [0.2, 0.25) is 0 Å². The number of alkyl halides is 3. The average Bonchev–Trinajstić information content (AvgIpc) is 1.86. The van der Waals surface area contributed by atoms with E-state index in [-0.39, 0.29) is 0 Å². The highest BCUT2D eigenvalue weighted by Crippen LogP contribution is 2.06. The van der Waals surface area contributed by atoms with Crippen molar-refractivity contribution in [3.8, 4) is 0 Å². The van der Waals surface area contributed by atoms with E-state index in [1.165, 1.54) is 25.7 Å². The van der Waals surface area contributed by atoms with Gasteiger partial charge in [-0.15, -0.1) is 0 Å². The maximum absolute atomic E-state index is 4.81. The van der Waals surface area contributed by atoms with Gasteiger partial charge in [0.2, 0.25) is 0 Å². The van der Waals surface area contributed by atoms with Crippen molar-refractivity contribution < 1.29 is 0 Å². The summed E-state index contributed by atoms with van der Waals surface area (Å²) in [5, 5.41) is 0. The van der Waals surface area contributed by atoms with E-state index in [0.29, 0.717) is 0 Å². The molecule has 0 saturated carbocycles. The molecule has 3 heteroatoms. The van der Waals surface area contributed by atoms with Crippen LogP contribution in [0.5, 0.6) is 0 Å². The second-order valence-electron chi connectivity index (χ2n) is 3.14. The van der Waals surface area contributed by atoms with Crippen LogP contribution in [0.3, 0.4) is 0 Å². The van der Waals surface area contributed by atoms with Crippen molar-refractivity contribution in [2.45, 2.75) is 50.7 Å². The maximum Gasteiger partial charge on any atom is 0.180 e. The van der Waals surface area contributed by atoms with Crippen LogP contribution >= 0.6 is 34.8 Å². The van der Waals surface area contributed by atoms with Crippen LogP contribution in [-0.4, -0.2) is 4.30 Å². The lowest BCUT2D eigenvalue weighted by Gasteiger charge is -2.00. The predicted molar refractivity (Wildman–Crippen MR) is 60.3 cm³/mol. The van der Waals surface area contributed by atoms with Crippen molar-refractivity contribution >= 4 is 34.8 Å². The van der Waals surface area contributed by atoms with Gasteiger partial charge in [-0.2, -0.15) is 0 Å². The highest BCUT2D eigenvalue weighted by atomic mass is 35.6. The molecule has 0 fully saturated rings. The molecule has 12 heavy (non-hydrogen) atoms. The molecule has 76 valence electrons. The van der Waals surface area contributed by atoms with Crippen LogP contribution in [-0.2, 0) is 0 Å². The molecule has 0 atom stereocenters. The normalized spacial score (nSPS) is 10.0. The van der Waals surface area contributed by atoms with Crippen LogP contribution in [0, 0.1) is 5.92 Å². The molecule has 0 amide bonds. The summed E-state index contributed by atoms with van der Waals surface area (Å²) < 4.78 is -0.750. The molecule has 0 aromatic rings. The lowest BCUT2D eigenvalue weighted by atomic mass is 10.1. The van der Waals surface area contributed by atoms with E-state index in [4.69, 9.17) is 34.8 Å². The highest BCUT2D eigenvalue weighted by molar-refractivity contribution is 6.63. The number of hydrogen-bond donors (Lipinski definition) is 0. The Labute approximate surface area is 91.6 Å². The van der Waals surface area contributed by atoms with Crippen molar-refractivity contribution in [3.05, 3.63) is 0 Å². The molecule has 0 saturated heterocycles. The molecule has 0 aliphatic carbocycles. The zero-order chi connectivity index (χ0) is 9.98. The third-order valence-corrected chi connectivity index (χ3v) is 1.39. The zero-order valence-corrected chi connectivity index (χ0v) is 10.4. The van der Waals surface area contributed by atoms with E-state index < -0.39 is 4.30 Å². The van der Waals surface area contributed by atoms with Crippen molar-refractivity contribution in [3.63, 3.8) is 0 Å². The number of hydrogen-bond acceptors (Lipinski definition) is 0. The van der Waals surface area contributed by atoms with Gasteiger partial charge in [0.1, 0.15) is 0 Å². The predicted octanol–water partition coefficient (Wildman–Crippen LogP) is 5.21. The Kier molecular flexibility index (Phi) is 15.2. The maximum atomic E-state index is 4.81. The molecule has 0 unspecified atom stereocenters. The summed E-state index contributed by atoms with van der Waals surface area (Å²) in [4.78, 5) is 0. The van der Waals surface area contributed by atoms with Crippen molar-refractivity contribution in [1.82, 2.24) is 0 Å². The molecular weight excluding hydrogens is 214 g/mol. The lowest BCUT2D eigenvalue weighted by molar-refractivity contribution is 0.534. The molecule has 0 N–H and O–H groups in total. The number of unbranched alkanes of at least 4 members (excludes halogenated alkanes) is 2. The second-order valence-corrected chi connectivity index (χ2v) is 5.12. The van der Waals surface area contributed by atoms with Gasteiger partial charge in [-0.05, 0) is 5.92 Å². The minimum Gasteiger partial charge on any atom is -0.0874 e. The fraction of sp³-hybridized carbons (Fsp3) is 1.00. The Bertz CT molecular complexity index is 69.4. The van der Waals surface area contributed by atoms with Gasteiger partial charge in [-0.1, -0.05) is 81.3 Å². The topological polar surface area (TPSA) is 0 Å². The van der Waals surface area contributed by atoms with Crippen LogP contribution < -0.4 is 0 Å². The van der Waals surface area contributed by atoms with E-state index in [1.807, 2.05) is 0 Å². The smallest absolute Gasteiger partial charge is 0.0874 e. The molecule has 0 bridgehead atoms. The Morgan fingerprint density at radius 3 is 1.67 bits per heavy atom. The first-order chi connectivity index (χ1) is 5.50. The summed E-state index contributed by atoms with van der Waals surface area (Å²) in [6, 6.07) is 0. The third-order valence-electron chi connectivity index (χ3n) is 1.39. The molecule has 0 aliphatic rings. The minimum atomic E-state index is -0.750. The van der Waals surface area contributed by atoms with Gasteiger partial charge >= 0.3 is 0 Å². The molecule has 0 radical (unpaired) electrons. The summed E-state index contributed by atoms with van der Waals surface area (Å²) in [5.41, 5.74) is 0. The SMILES string of the molecule is CCCCCC(C)C.ClC(Cl)Cl. The first-order valence-corrected chi connectivity index (χ1v) is 5.73. The molecule has 0 nitrogen and oxygen atoms in total. The van der Waals surface area contributed by atoms with E-state index in [2.05, 4.69) is 20.8 Å². The Morgan fingerprint density at radius 2 is 1.42 bits per heavy atom. The average molecular weight is 234 g/mol. The van der Waals surface area contributed by atoms with Crippen LogP contribution in [0.15, 0.2) is 0 Å². The Balaban J connectivity index is 0. The third kappa shape index (κ3) is 30.7. The Hall–Kier alpha value is 0.870. The van der Waals surface area contributed by atoms with E-state index in [1.54, 1.807) is 0 Å². The van der Waals surface area contributed by atoms with Crippen molar-refractivity contribution in [2.75, 3.05) is 0 Å². The van der Waals surface area contributed by atoms with Crippen LogP contribution in [0.4, 0.5) is 0 Å². The summed E-state index contributed by atoms with van der Waals surface area (Å²) in [6.45, 7) is 6.83. The molecule has 0 rings (SSSR count). The van der Waals surface area contributed by atoms with Crippen LogP contribution in [0.25, 0.3) is 0 Å². The van der Waals surface area contributed by atoms with Gasteiger partial charge in [0.25, 0.3) is 0 Å². The molecule has 0 spiro atoms.